The molecular weight excluding hydrogens is 398 g/mol. The van der Waals surface area contributed by atoms with Crippen LogP contribution in [0.5, 0.6) is 0 Å². The maximum atomic E-state index is 12.3. The highest BCUT2D eigenvalue weighted by molar-refractivity contribution is 9.10. The summed E-state index contributed by atoms with van der Waals surface area (Å²) < 4.78 is 0.770. The van der Waals surface area contributed by atoms with Crippen molar-refractivity contribution in [3.63, 3.8) is 0 Å². The molecule has 1 heterocycles. The van der Waals surface area contributed by atoms with E-state index in [2.05, 4.69) is 26.8 Å². The highest BCUT2D eigenvalue weighted by Gasteiger charge is 2.35. The first-order chi connectivity index (χ1) is 12.4. The van der Waals surface area contributed by atoms with Crippen molar-refractivity contribution < 1.29 is 14.4 Å². The summed E-state index contributed by atoms with van der Waals surface area (Å²) in [6, 6.07) is 14.4. The Labute approximate surface area is 159 Å². The topological polar surface area (TPSA) is 78.5 Å². The second-order valence-corrected chi connectivity index (χ2v) is 7.11. The normalized spacial score (nSPS) is 16.5. The summed E-state index contributed by atoms with van der Waals surface area (Å²) in [5.74, 6) is -1.41. The lowest BCUT2D eigenvalue weighted by atomic mass is 10.1. The molecule has 1 aliphatic rings. The molecule has 0 unspecified atom stereocenters. The molecule has 1 atom stereocenters. The molecule has 26 heavy (non-hydrogen) atoms. The van der Waals surface area contributed by atoms with Crippen LogP contribution in [0.25, 0.3) is 0 Å². The Kier molecular flexibility index (Phi) is 5.37. The molecule has 134 valence electrons. The van der Waals surface area contributed by atoms with Gasteiger partial charge in [-0.1, -0.05) is 39.7 Å². The van der Waals surface area contributed by atoms with E-state index in [1.807, 2.05) is 31.2 Å². The fraction of sp³-hybridized carbons (Fsp3) is 0.211. The van der Waals surface area contributed by atoms with Crippen LogP contribution in [0.4, 0.5) is 5.69 Å². The van der Waals surface area contributed by atoms with E-state index < -0.39 is 11.8 Å². The molecule has 1 saturated heterocycles. The first kappa shape index (κ1) is 18.1. The standard InChI is InChI=1S/C19H18BrN3O3/c1-12-5-7-16(8-6-12)23-11-14(10-17(23)24)19(26)22-21-18(25)13-3-2-4-15(20)9-13/h2-9,14H,10-11H2,1H3,(H,21,25)(H,22,26)/t14-/m1/s1. The number of carbonyl (C=O) groups excluding carboxylic acids is 3. The van der Waals surface area contributed by atoms with Crippen LogP contribution >= 0.6 is 15.9 Å². The average Bonchev–Trinajstić information content (AvgIpc) is 3.02. The van der Waals surface area contributed by atoms with E-state index in [-0.39, 0.29) is 18.2 Å². The highest BCUT2D eigenvalue weighted by atomic mass is 79.9. The van der Waals surface area contributed by atoms with Gasteiger partial charge < -0.3 is 4.90 Å². The van der Waals surface area contributed by atoms with Gasteiger partial charge in [0.15, 0.2) is 0 Å². The largest absolute Gasteiger partial charge is 0.312 e. The van der Waals surface area contributed by atoms with Crippen molar-refractivity contribution in [3.05, 3.63) is 64.1 Å². The summed E-state index contributed by atoms with van der Waals surface area (Å²) >= 11 is 3.29. The minimum absolute atomic E-state index is 0.104. The summed E-state index contributed by atoms with van der Waals surface area (Å²) in [6.45, 7) is 2.26. The Hall–Kier alpha value is -2.67. The van der Waals surface area contributed by atoms with Gasteiger partial charge in [0.25, 0.3) is 5.91 Å². The van der Waals surface area contributed by atoms with Crippen molar-refractivity contribution in [1.29, 1.82) is 0 Å². The molecule has 0 aliphatic carbocycles. The highest BCUT2D eigenvalue weighted by Crippen LogP contribution is 2.25. The average molecular weight is 416 g/mol. The number of hydrazine groups is 1. The van der Waals surface area contributed by atoms with Gasteiger partial charge in [-0.15, -0.1) is 0 Å². The maximum absolute atomic E-state index is 12.3. The Morgan fingerprint density at radius 2 is 1.85 bits per heavy atom. The molecule has 0 spiro atoms. The van der Waals surface area contributed by atoms with E-state index in [9.17, 15) is 14.4 Å². The summed E-state index contributed by atoms with van der Waals surface area (Å²) in [4.78, 5) is 38.2. The van der Waals surface area contributed by atoms with Gasteiger partial charge >= 0.3 is 0 Å². The Morgan fingerprint density at radius 3 is 2.54 bits per heavy atom. The molecule has 2 aromatic carbocycles. The van der Waals surface area contributed by atoms with E-state index in [4.69, 9.17) is 0 Å². The maximum Gasteiger partial charge on any atom is 0.269 e. The van der Waals surface area contributed by atoms with Crippen molar-refractivity contribution in [3.8, 4) is 0 Å². The van der Waals surface area contributed by atoms with E-state index in [1.165, 1.54) is 0 Å². The van der Waals surface area contributed by atoms with Gasteiger partial charge in [0, 0.05) is 28.7 Å². The molecule has 1 fully saturated rings. The number of anilines is 1. The monoisotopic (exact) mass is 415 g/mol. The minimum atomic E-state index is -0.508. The van der Waals surface area contributed by atoms with Crippen LogP contribution < -0.4 is 15.8 Å². The van der Waals surface area contributed by atoms with Crippen molar-refractivity contribution in [2.75, 3.05) is 11.4 Å². The summed E-state index contributed by atoms with van der Waals surface area (Å²) in [5.41, 5.74) is 7.10. The van der Waals surface area contributed by atoms with Gasteiger partial charge in [0.1, 0.15) is 0 Å². The number of amides is 3. The van der Waals surface area contributed by atoms with Crippen LogP contribution in [0.15, 0.2) is 53.0 Å². The van der Waals surface area contributed by atoms with E-state index >= 15 is 0 Å². The zero-order valence-electron chi connectivity index (χ0n) is 14.2. The number of benzene rings is 2. The molecule has 0 saturated carbocycles. The number of rotatable bonds is 3. The number of nitrogens with one attached hydrogen (secondary N) is 2. The zero-order valence-corrected chi connectivity index (χ0v) is 15.7. The fourth-order valence-corrected chi connectivity index (χ4v) is 3.18. The van der Waals surface area contributed by atoms with Gasteiger partial charge in [0.05, 0.1) is 5.92 Å². The lowest BCUT2D eigenvalue weighted by molar-refractivity contribution is -0.126. The summed E-state index contributed by atoms with van der Waals surface area (Å²) in [7, 11) is 0. The van der Waals surface area contributed by atoms with Crippen molar-refractivity contribution in [1.82, 2.24) is 10.9 Å². The van der Waals surface area contributed by atoms with E-state index in [0.717, 1.165) is 15.7 Å². The van der Waals surface area contributed by atoms with E-state index in [0.29, 0.717) is 12.1 Å². The van der Waals surface area contributed by atoms with Crippen molar-refractivity contribution >= 4 is 39.3 Å². The fourth-order valence-electron chi connectivity index (χ4n) is 2.78. The van der Waals surface area contributed by atoms with Crippen molar-refractivity contribution in [2.45, 2.75) is 13.3 Å². The molecule has 0 bridgehead atoms. The summed E-state index contributed by atoms with van der Waals surface area (Å²) in [6.07, 6.45) is 0.118. The first-order valence-corrected chi connectivity index (χ1v) is 8.96. The number of hydrogen-bond acceptors (Lipinski definition) is 3. The second-order valence-electron chi connectivity index (χ2n) is 6.19. The van der Waals surface area contributed by atoms with Crippen LogP contribution in [0.3, 0.4) is 0 Å². The number of halogens is 1. The third-order valence-electron chi connectivity index (χ3n) is 4.23. The molecular formula is C19H18BrN3O3. The minimum Gasteiger partial charge on any atom is -0.312 e. The van der Waals surface area contributed by atoms with Crippen LogP contribution in [-0.2, 0) is 9.59 Å². The van der Waals surface area contributed by atoms with Crippen LogP contribution in [0, 0.1) is 12.8 Å². The molecule has 0 aromatic heterocycles. The van der Waals surface area contributed by atoms with Gasteiger partial charge in [-0.2, -0.15) is 0 Å². The van der Waals surface area contributed by atoms with Gasteiger partial charge in [-0.3, -0.25) is 25.2 Å². The Balaban J connectivity index is 1.58. The molecule has 2 aromatic rings. The molecule has 0 radical (unpaired) electrons. The van der Waals surface area contributed by atoms with Gasteiger partial charge in [0.2, 0.25) is 11.8 Å². The molecule has 3 rings (SSSR count). The molecule has 7 heteroatoms. The molecule has 2 N–H and O–H groups in total. The lowest BCUT2D eigenvalue weighted by Crippen LogP contribution is -2.45. The second kappa shape index (κ2) is 7.70. The number of hydrogen-bond donors (Lipinski definition) is 2. The van der Waals surface area contributed by atoms with Crippen molar-refractivity contribution in [2.24, 2.45) is 5.92 Å². The third-order valence-corrected chi connectivity index (χ3v) is 4.72. The molecule has 3 amide bonds. The summed E-state index contributed by atoms with van der Waals surface area (Å²) in [5, 5.41) is 0. The predicted molar refractivity (Wildman–Crippen MR) is 101 cm³/mol. The zero-order chi connectivity index (χ0) is 18.7. The number of carbonyl (C=O) groups is 3. The number of aryl methyl sites for hydroxylation is 1. The number of nitrogens with zero attached hydrogens (tertiary/aromatic N) is 1. The lowest BCUT2D eigenvalue weighted by Gasteiger charge is -2.17. The van der Waals surface area contributed by atoms with E-state index in [1.54, 1.807) is 29.2 Å². The Morgan fingerprint density at radius 1 is 1.12 bits per heavy atom. The smallest absolute Gasteiger partial charge is 0.269 e. The first-order valence-electron chi connectivity index (χ1n) is 8.17. The molecule has 1 aliphatic heterocycles. The third kappa shape index (κ3) is 4.11. The quantitative estimate of drug-likeness (QED) is 0.756. The van der Waals surface area contributed by atoms with Gasteiger partial charge in [-0.25, -0.2) is 0 Å². The van der Waals surface area contributed by atoms with Crippen LogP contribution in [0.1, 0.15) is 22.3 Å². The molecule has 6 nitrogen and oxygen atoms in total. The van der Waals surface area contributed by atoms with Gasteiger partial charge in [-0.05, 0) is 37.3 Å². The van der Waals surface area contributed by atoms with Crippen LogP contribution in [-0.4, -0.2) is 24.3 Å². The predicted octanol–water partition coefficient (Wildman–Crippen LogP) is 2.57. The SMILES string of the molecule is Cc1ccc(N2C[C@H](C(=O)NNC(=O)c3cccc(Br)c3)CC2=O)cc1. The Bertz CT molecular complexity index is 851. The van der Waals surface area contributed by atoms with Crippen LogP contribution in [0.2, 0.25) is 0 Å².